The molecule has 0 bridgehead atoms. The summed E-state index contributed by atoms with van der Waals surface area (Å²) in [4.78, 5) is 27.4. The SMILES string of the molecule is CCCn1c(=O)c(C)cn2nc(C(=O)OC)nc12. The van der Waals surface area contributed by atoms with E-state index in [0.717, 1.165) is 6.42 Å². The predicted octanol–water partition coefficient (Wildman–Crippen LogP) is 0.396. The molecule has 0 fully saturated rings. The van der Waals surface area contributed by atoms with Gasteiger partial charge in [0.15, 0.2) is 0 Å². The van der Waals surface area contributed by atoms with Crippen LogP contribution < -0.4 is 5.56 Å². The van der Waals surface area contributed by atoms with E-state index in [1.165, 1.54) is 16.2 Å². The minimum Gasteiger partial charge on any atom is -0.463 e. The van der Waals surface area contributed by atoms with Crippen LogP contribution >= 0.6 is 0 Å². The van der Waals surface area contributed by atoms with E-state index in [1.54, 1.807) is 13.1 Å². The second kappa shape index (κ2) is 4.59. The number of hydrogen-bond donors (Lipinski definition) is 0. The fraction of sp³-hybridized carbons (Fsp3) is 0.455. The molecule has 0 amide bonds. The lowest BCUT2D eigenvalue weighted by atomic mass is 10.3. The van der Waals surface area contributed by atoms with Gasteiger partial charge in [-0.3, -0.25) is 9.36 Å². The van der Waals surface area contributed by atoms with E-state index >= 15 is 0 Å². The molecule has 0 aliphatic carbocycles. The maximum Gasteiger partial charge on any atom is 0.378 e. The summed E-state index contributed by atoms with van der Waals surface area (Å²) < 4.78 is 7.50. The third-order valence-electron chi connectivity index (χ3n) is 2.57. The molecule has 2 aromatic rings. The van der Waals surface area contributed by atoms with Crippen molar-refractivity contribution < 1.29 is 9.53 Å². The predicted molar refractivity (Wildman–Crippen MR) is 63.6 cm³/mol. The number of fused-ring (bicyclic) bond motifs is 1. The maximum absolute atomic E-state index is 12.0. The van der Waals surface area contributed by atoms with Gasteiger partial charge in [-0.2, -0.15) is 4.98 Å². The summed E-state index contributed by atoms with van der Waals surface area (Å²) in [6, 6.07) is 0. The van der Waals surface area contributed by atoms with E-state index in [4.69, 9.17) is 0 Å². The van der Waals surface area contributed by atoms with E-state index in [9.17, 15) is 9.59 Å². The first-order valence-electron chi connectivity index (χ1n) is 5.63. The number of esters is 1. The van der Waals surface area contributed by atoms with Crippen molar-refractivity contribution in [3.63, 3.8) is 0 Å². The highest BCUT2D eigenvalue weighted by atomic mass is 16.5. The van der Waals surface area contributed by atoms with Crippen LogP contribution in [0.15, 0.2) is 11.0 Å². The van der Waals surface area contributed by atoms with E-state index in [2.05, 4.69) is 14.8 Å². The molecule has 0 radical (unpaired) electrons. The van der Waals surface area contributed by atoms with Crippen molar-refractivity contribution >= 4 is 11.7 Å². The number of aryl methyl sites for hydroxylation is 2. The largest absolute Gasteiger partial charge is 0.463 e. The van der Waals surface area contributed by atoms with Gasteiger partial charge in [-0.25, -0.2) is 9.31 Å². The van der Waals surface area contributed by atoms with Crippen LogP contribution in [0.25, 0.3) is 5.78 Å². The molecule has 0 aromatic carbocycles. The fourth-order valence-corrected chi connectivity index (χ4v) is 1.73. The van der Waals surface area contributed by atoms with Crippen molar-refractivity contribution in [2.75, 3.05) is 7.11 Å². The molecule has 2 aromatic heterocycles. The number of methoxy groups -OCH3 is 1. The van der Waals surface area contributed by atoms with Crippen LogP contribution in [-0.2, 0) is 11.3 Å². The molecule has 0 unspecified atom stereocenters. The van der Waals surface area contributed by atoms with E-state index in [-0.39, 0.29) is 11.4 Å². The first kappa shape index (κ1) is 12.3. The Labute approximate surface area is 103 Å². The van der Waals surface area contributed by atoms with Gasteiger partial charge in [0.2, 0.25) is 5.78 Å². The highest BCUT2D eigenvalue weighted by Gasteiger charge is 2.16. The molecule has 96 valence electrons. The highest BCUT2D eigenvalue weighted by Crippen LogP contribution is 2.03. The maximum atomic E-state index is 12.0. The second-order valence-corrected chi connectivity index (χ2v) is 3.94. The fourth-order valence-electron chi connectivity index (χ4n) is 1.73. The monoisotopic (exact) mass is 250 g/mol. The first-order chi connectivity index (χ1) is 8.58. The van der Waals surface area contributed by atoms with Crippen molar-refractivity contribution in [1.29, 1.82) is 0 Å². The number of rotatable bonds is 3. The Kier molecular flexibility index (Phi) is 3.14. The number of carbonyl (C=O) groups is 1. The molecule has 7 nitrogen and oxygen atoms in total. The number of hydrogen-bond acceptors (Lipinski definition) is 5. The zero-order chi connectivity index (χ0) is 13.3. The number of aromatic nitrogens is 4. The number of carbonyl (C=O) groups excluding carboxylic acids is 1. The van der Waals surface area contributed by atoms with Crippen molar-refractivity contribution in [3.05, 3.63) is 27.9 Å². The van der Waals surface area contributed by atoms with Gasteiger partial charge in [0, 0.05) is 18.3 Å². The topological polar surface area (TPSA) is 78.5 Å². The first-order valence-corrected chi connectivity index (χ1v) is 5.63. The molecule has 0 saturated carbocycles. The normalized spacial score (nSPS) is 10.8. The molecular formula is C11H14N4O3. The minimum absolute atomic E-state index is 0.0487. The second-order valence-electron chi connectivity index (χ2n) is 3.94. The summed E-state index contributed by atoms with van der Waals surface area (Å²) in [6.45, 7) is 4.19. The number of ether oxygens (including phenoxy) is 1. The lowest BCUT2D eigenvalue weighted by Crippen LogP contribution is -2.24. The van der Waals surface area contributed by atoms with Gasteiger partial charge in [-0.1, -0.05) is 6.92 Å². The van der Waals surface area contributed by atoms with Gasteiger partial charge >= 0.3 is 5.97 Å². The van der Waals surface area contributed by atoms with Gasteiger partial charge in [-0.15, -0.1) is 5.10 Å². The molecule has 0 saturated heterocycles. The molecule has 7 heteroatoms. The summed E-state index contributed by atoms with van der Waals surface area (Å²) >= 11 is 0. The van der Waals surface area contributed by atoms with E-state index in [0.29, 0.717) is 17.9 Å². The number of nitrogens with zero attached hydrogens (tertiary/aromatic N) is 4. The Morgan fingerprint density at radius 3 is 2.83 bits per heavy atom. The van der Waals surface area contributed by atoms with Crippen LogP contribution in [0.4, 0.5) is 0 Å². The molecule has 18 heavy (non-hydrogen) atoms. The third kappa shape index (κ3) is 1.87. The summed E-state index contributed by atoms with van der Waals surface area (Å²) in [5, 5.41) is 4.00. The lowest BCUT2D eigenvalue weighted by molar-refractivity contribution is 0.0587. The average Bonchev–Trinajstić information content (AvgIpc) is 2.77. The Balaban J connectivity index is 2.71. The van der Waals surface area contributed by atoms with Crippen LogP contribution in [0.1, 0.15) is 29.5 Å². The van der Waals surface area contributed by atoms with Crippen LogP contribution in [0.5, 0.6) is 0 Å². The van der Waals surface area contributed by atoms with Crippen molar-refractivity contribution in [1.82, 2.24) is 19.2 Å². The molecule has 2 heterocycles. The Bertz CT molecular complexity index is 656. The Morgan fingerprint density at radius 2 is 2.22 bits per heavy atom. The summed E-state index contributed by atoms with van der Waals surface area (Å²) in [5.74, 6) is -0.313. The molecule has 0 spiro atoms. The van der Waals surface area contributed by atoms with Crippen molar-refractivity contribution in [3.8, 4) is 0 Å². The van der Waals surface area contributed by atoms with Gasteiger partial charge in [0.05, 0.1) is 7.11 Å². The zero-order valence-corrected chi connectivity index (χ0v) is 10.5. The lowest BCUT2D eigenvalue weighted by Gasteiger charge is -2.05. The smallest absolute Gasteiger partial charge is 0.378 e. The standard InChI is InChI=1S/C11H14N4O3/c1-4-5-14-9(16)7(2)6-15-11(14)12-8(13-15)10(17)18-3/h6H,4-5H2,1-3H3. The third-order valence-corrected chi connectivity index (χ3v) is 2.57. The summed E-state index contributed by atoms with van der Waals surface area (Å²) in [5.41, 5.74) is 0.436. The van der Waals surface area contributed by atoms with Gasteiger partial charge in [-0.05, 0) is 13.3 Å². The zero-order valence-electron chi connectivity index (χ0n) is 10.5. The van der Waals surface area contributed by atoms with Gasteiger partial charge in [0.25, 0.3) is 11.4 Å². The Morgan fingerprint density at radius 1 is 1.50 bits per heavy atom. The average molecular weight is 250 g/mol. The minimum atomic E-state index is -0.619. The van der Waals surface area contributed by atoms with Crippen LogP contribution in [0.2, 0.25) is 0 Å². The highest BCUT2D eigenvalue weighted by molar-refractivity contribution is 5.85. The quantitative estimate of drug-likeness (QED) is 0.736. The molecule has 2 rings (SSSR count). The van der Waals surface area contributed by atoms with Crippen molar-refractivity contribution in [2.24, 2.45) is 0 Å². The van der Waals surface area contributed by atoms with E-state index < -0.39 is 5.97 Å². The molecule has 0 aliphatic rings. The summed E-state index contributed by atoms with van der Waals surface area (Å²) in [7, 11) is 1.26. The Hall–Kier alpha value is -2.18. The molecular weight excluding hydrogens is 236 g/mol. The molecule has 0 atom stereocenters. The molecule has 0 aliphatic heterocycles. The van der Waals surface area contributed by atoms with Crippen LogP contribution in [0, 0.1) is 6.92 Å². The van der Waals surface area contributed by atoms with E-state index in [1.807, 2.05) is 6.92 Å². The van der Waals surface area contributed by atoms with Crippen LogP contribution in [0.3, 0.4) is 0 Å². The van der Waals surface area contributed by atoms with Gasteiger partial charge in [0.1, 0.15) is 0 Å². The summed E-state index contributed by atoms with van der Waals surface area (Å²) in [6.07, 6.45) is 2.35. The molecule has 0 N–H and O–H groups in total. The van der Waals surface area contributed by atoms with Crippen molar-refractivity contribution in [2.45, 2.75) is 26.8 Å². The van der Waals surface area contributed by atoms with Crippen LogP contribution in [-0.4, -0.2) is 32.2 Å². The van der Waals surface area contributed by atoms with Gasteiger partial charge < -0.3 is 4.74 Å².